The van der Waals surface area contributed by atoms with Crippen molar-refractivity contribution in [3.05, 3.63) is 188 Å². The van der Waals surface area contributed by atoms with Gasteiger partial charge in [0.15, 0.2) is 11.6 Å². The summed E-state index contributed by atoms with van der Waals surface area (Å²) in [4.78, 5) is 15.3. The molecule has 12 rings (SSSR count). The molecule has 0 N–H and O–H groups in total. The second-order valence-corrected chi connectivity index (χ2v) is 15.5. The van der Waals surface area contributed by atoms with E-state index in [0.29, 0.717) is 17.6 Å². The molecule has 57 heavy (non-hydrogen) atoms. The lowest BCUT2D eigenvalue weighted by Crippen LogP contribution is -2.06. The third kappa shape index (κ3) is 4.91. The summed E-state index contributed by atoms with van der Waals surface area (Å²) < 4.78 is 7.21. The van der Waals surface area contributed by atoms with Crippen molar-refractivity contribution in [3.63, 3.8) is 0 Å². The molecule has 266 valence electrons. The molecule has 6 heteroatoms. The smallest absolute Gasteiger partial charge is 0.238 e. The maximum absolute atomic E-state index is 5.16. The Kier molecular flexibility index (Phi) is 7.03. The average Bonchev–Trinajstić information content (AvgIpc) is 3.94. The fourth-order valence-electron chi connectivity index (χ4n) is 8.67. The van der Waals surface area contributed by atoms with Crippen molar-refractivity contribution in [2.75, 3.05) is 0 Å². The van der Waals surface area contributed by atoms with E-state index in [-0.39, 0.29) is 0 Å². The maximum atomic E-state index is 5.16. The Bertz CT molecular complexity index is 3410. The summed E-state index contributed by atoms with van der Waals surface area (Å²) in [5.74, 6) is 1.85. The highest BCUT2D eigenvalue weighted by molar-refractivity contribution is 7.26. The van der Waals surface area contributed by atoms with E-state index < -0.39 is 0 Å². The minimum Gasteiger partial charge on any atom is -0.309 e. The highest BCUT2D eigenvalue weighted by atomic mass is 32.1. The molecule has 0 atom stereocenters. The van der Waals surface area contributed by atoms with E-state index >= 15 is 0 Å². The minimum atomic E-state index is 0.583. The molecule has 8 aromatic carbocycles. The van der Waals surface area contributed by atoms with Gasteiger partial charge in [-0.15, -0.1) is 11.3 Å². The van der Waals surface area contributed by atoms with E-state index in [2.05, 4.69) is 161 Å². The Morgan fingerprint density at radius 3 is 1.49 bits per heavy atom. The molecule has 0 aliphatic rings. The van der Waals surface area contributed by atoms with Crippen LogP contribution in [-0.4, -0.2) is 24.1 Å². The molecule has 0 aliphatic heterocycles. The van der Waals surface area contributed by atoms with Gasteiger partial charge < -0.3 is 4.57 Å². The summed E-state index contributed by atoms with van der Waals surface area (Å²) in [5.41, 5.74) is 9.87. The fourth-order valence-corrected chi connectivity index (χ4v) is 9.93. The topological polar surface area (TPSA) is 48.5 Å². The molecule has 0 fully saturated rings. The van der Waals surface area contributed by atoms with Crippen LogP contribution >= 0.6 is 11.3 Å². The number of hydrogen-bond acceptors (Lipinski definition) is 4. The Labute approximate surface area is 331 Å². The summed E-state index contributed by atoms with van der Waals surface area (Å²) in [7, 11) is 0. The van der Waals surface area contributed by atoms with Crippen LogP contribution in [0.3, 0.4) is 0 Å². The number of thiophene rings is 1. The zero-order valence-electron chi connectivity index (χ0n) is 30.5. The van der Waals surface area contributed by atoms with Crippen molar-refractivity contribution >= 4 is 75.1 Å². The van der Waals surface area contributed by atoms with Crippen LogP contribution in [0.25, 0.3) is 109 Å². The first kappa shape index (κ1) is 31.9. The van der Waals surface area contributed by atoms with Crippen LogP contribution in [0.15, 0.2) is 188 Å². The van der Waals surface area contributed by atoms with Crippen LogP contribution in [0.4, 0.5) is 0 Å². The third-order valence-corrected chi connectivity index (χ3v) is 12.4. The highest BCUT2D eigenvalue weighted by Gasteiger charge is 2.22. The minimum absolute atomic E-state index is 0.583. The quantitative estimate of drug-likeness (QED) is 0.176. The Balaban J connectivity index is 1.15. The molecular formula is C51H31N5S. The lowest BCUT2D eigenvalue weighted by Gasteiger charge is -2.16. The summed E-state index contributed by atoms with van der Waals surface area (Å²) in [6, 6.07) is 66.7. The Morgan fingerprint density at radius 1 is 0.351 bits per heavy atom. The Morgan fingerprint density at radius 2 is 0.860 bits per heavy atom. The van der Waals surface area contributed by atoms with E-state index in [1.54, 1.807) is 0 Å². The van der Waals surface area contributed by atoms with Crippen molar-refractivity contribution in [2.45, 2.75) is 0 Å². The van der Waals surface area contributed by atoms with Gasteiger partial charge in [0.25, 0.3) is 0 Å². The molecule has 12 aromatic rings. The average molecular weight is 746 g/mol. The van der Waals surface area contributed by atoms with Crippen molar-refractivity contribution in [3.8, 4) is 45.5 Å². The number of aromatic nitrogens is 5. The molecular weight excluding hydrogens is 715 g/mol. The summed E-state index contributed by atoms with van der Waals surface area (Å²) >= 11 is 1.87. The van der Waals surface area contributed by atoms with Gasteiger partial charge in [-0.2, -0.15) is 9.97 Å². The largest absolute Gasteiger partial charge is 0.309 e. The number of rotatable bonds is 5. The SMILES string of the molecule is c1ccc(-c2nc(-c3ccccc3)nc(-n3c4ccccc4c4cc(-c5c(-n6c7ccccc7c7ccccc76)ccc6c5sc5ccccc56)ccc43)n2)cc1. The van der Waals surface area contributed by atoms with Crippen LogP contribution < -0.4 is 0 Å². The lowest BCUT2D eigenvalue weighted by atomic mass is 9.98. The van der Waals surface area contributed by atoms with Crippen LogP contribution in [0, 0.1) is 0 Å². The molecule has 0 radical (unpaired) electrons. The first-order valence-electron chi connectivity index (χ1n) is 19.1. The molecule has 0 saturated heterocycles. The molecule has 0 amide bonds. The van der Waals surface area contributed by atoms with Gasteiger partial charge in [-0.1, -0.05) is 146 Å². The van der Waals surface area contributed by atoms with Crippen LogP contribution in [-0.2, 0) is 0 Å². The first-order chi connectivity index (χ1) is 28.3. The maximum Gasteiger partial charge on any atom is 0.238 e. The monoisotopic (exact) mass is 745 g/mol. The molecule has 0 bridgehead atoms. The molecule has 0 saturated carbocycles. The number of fused-ring (bicyclic) bond motifs is 9. The van der Waals surface area contributed by atoms with Gasteiger partial charge in [-0.05, 0) is 48.0 Å². The van der Waals surface area contributed by atoms with E-state index in [1.807, 2.05) is 47.7 Å². The molecule has 4 aromatic heterocycles. The molecule has 0 aliphatic carbocycles. The zero-order chi connectivity index (χ0) is 37.5. The lowest BCUT2D eigenvalue weighted by molar-refractivity contribution is 0.953. The van der Waals surface area contributed by atoms with Gasteiger partial charge in [0.2, 0.25) is 5.95 Å². The molecule has 0 spiro atoms. The Hall–Kier alpha value is -7.41. The van der Waals surface area contributed by atoms with E-state index in [4.69, 9.17) is 15.0 Å². The van der Waals surface area contributed by atoms with Crippen molar-refractivity contribution in [1.29, 1.82) is 0 Å². The normalized spacial score (nSPS) is 11.9. The van der Waals surface area contributed by atoms with Gasteiger partial charge in [0, 0.05) is 58.4 Å². The van der Waals surface area contributed by atoms with Crippen LogP contribution in [0.5, 0.6) is 0 Å². The van der Waals surface area contributed by atoms with Gasteiger partial charge in [-0.25, -0.2) is 4.98 Å². The third-order valence-electron chi connectivity index (χ3n) is 11.2. The first-order valence-corrected chi connectivity index (χ1v) is 19.9. The zero-order valence-corrected chi connectivity index (χ0v) is 31.4. The van der Waals surface area contributed by atoms with Gasteiger partial charge in [0.1, 0.15) is 0 Å². The standard InChI is InChI=1S/C51H31N5S/c1-3-15-32(16-4-1)49-52-50(33-17-5-2-6-18-33)54-51(53-49)56-43-25-13-9-21-37(43)40-31-34(27-29-44(40)56)47-45(30-28-39-38-22-10-14-26-46(38)57-48(39)47)55-41-23-11-7-19-35(41)36-20-8-12-24-42(36)55/h1-31H. The summed E-state index contributed by atoms with van der Waals surface area (Å²) in [6.45, 7) is 0. The summed E-state index contributed by atoms with van der Waals surface area (Å²) in [6.07, 6.45) is 0. The van der Waals surface area contributed by atoms with Crippen molar-refractivity contribution < 1.29 is 0 Å². The number of nitrogens with zero attached hydrogens (tertiary/aromatic N) is 5. The highest BCUT2D eigenvalue weighted by Crippen LogP contribution is 2.46. The van der Waals surface area contributed by atoms with Gasteiger partial charge >= 0.3 is 0 Å². The summed E-state index contributed by atoms with van der Waals surface area (Å²) in [5, 5.41) is 7.32. The molecule has 5 nitrogen and oxygen atoms in total. The number of para-hydroxylation sites is 3. The number of benzene rings is 8. The van der Waals surface area contributed by atoms with Crippen LogP contribution in [0.1, 0.15) is 0 Å². The molecule has 4 heterocycles. The van der Waals surface area contributed by atoms with Gasteiger partial charge in [0.05, 0.1) is 27.8 Å². The van der Waals surface area contributed by atoms with Crippen LogP contribution in [0.2, 0.25) is 0 Å². The predicted octanol–water partition coefficient (Wildman–Crippen LogP) is 13.4. The second-order valence-electron chi connectivity index (χ2n) is 14.4. The predicted molar refractivity (Wildman–Crippen MR) is 238 cm³/mol. The fraction of sp³-hybridized carbons (Fsp3) is 0. The van der Waals surface area contributed by atoms with Gasteiger partial charge in [-0.3, -0.25) is 4.57 Å². The van der Waals surface area contributed by atoms with E-state index in [9.17, 15) is 0 Å². The second kappa shape index (κ2) is 12.6. The van der Waals surface area contributed by atoms with E-state index in [0.717, 1.165) is 44.2 Å². The van der Waals surface area contributed by atoms with Crippen molar-refractivity contribution in [1.82, 2.24) is 24.1 Å². The number of hydrogen-bond donors (Lipinski definition) is 0. The molecule has 0 unspecified atom stereocenters. The van der Waals surface area contributed by atoms with Crippen molar-refractivity contribution in [2.24, 2.45) is 0 Å². The van der Waals surface area contributed by atoms with E-state index in [1.165, 1.54) is 47.5 Å².